The summed E-state index contributed by atoms with van der Waals surface area (Å²) in [6, 6.07) is 10.4. The maximum atomic E-state index is 12.1. The number of hydrogen-bond acceptors (Lipinski definition) is 4. The lowest BCUT2D eigenvalue weighted by atomic mass is 10.1. The molecule has 0 saturated carbocycles. The predicted molar refractivity (Wildman–Crippen MR) is 96.3 cm³/mol. The number of fused-ring (bicyclic) bond motifs is 2. The van der Waals surface area contributed by atoms with Crippen LogP contribution < -0.4 is 10.6 Å². The van der Waals surface area contributed by atoms with E-state index in [2.05, 4.69) is 20.5 Å². The molecule has 132 valence electrons. The number of carbonyl (C=O) groups excluding carboxylic acids is 1. The molecule has 6 heteroatoms. The summed E-state index contributed by atoms with van der Waals surface area (Å²) in [7, 11) is 0. The average Bonchev–Trinajstić information content (AvgIpc) is 3.12. The summed E-state index contributed by atoms with van der Waals surface area (Å²) in [6.07, 6.45) is 4.35. The summed E-state index contributed by atoms with van der Waals surface area (Å²) in [5.41, 5.74) is 1.95. The van der Waals surface area contributed by atoms with Crippen LogP contribution in [0.5, 0.6) is 0 Å². The molecule has 6 nitrogen and oxygen atoms in total. The largest absolute Gasteiger partial charge is 0.373 e. The zero-order chi connectivity index (χ0) is 17.1. The van der Waals surface area contributed by atoms with Crippen molar-refractivity contribution in [2.24, 2.45) is 0 Å². The van der Waals surface area contributed by atoms with Gasteiger partial charge in [-0.15, -0.1) is 0 Å². The maximum Gasteiger partial charge on any atom is 0.315 e. The number of carbonyl (C=O) groups is 1. The van der Waals surface area contributed by atoms with Gasteiger partial charge in [-0.1, -0.05) is 24.3 Å². The first-order valence-corrected chi connectivity index (χ1v) is 8.99. The molecule has 2 fully saturated rings. The summed E-state index contributed by atoms with van der Waals surface area (Å²) in [6.45, 7) is 3.86. The number of amides is 2. The first-order chi connectivity index (χ1) is 12.3. The van der Waals surface area contributed by atoms with Crippen molar-refractivity contribution in [3.63, 3.8) is 0 Å². The Hall–Kier alpha value is -2.18. The summed E-state index contributed by atoms with van der Waals surface area (Å²) >= 11 is 0. The number of nitrogens with one attached hydrogen (secondary N) is 2. The van der Waals surface area contributed by atoms with Crippen LogP contribution in [-0.4, -0.2) is 54.3 Å². The predicted octanol–water partition coefficient (Wildman–Crippen LogP) is 1.90. The van der Waals surface area contributed by atoms with E-state index in [1.165, 1.54) is 12.8 Å². The second-order valence-corrected chi connectivity index (χ2v) is 6.80. The number of benzene rings is 1. The lowest BCUT2D eigenvalue weighted by Gasteiger charge is -2.35. The first kappa shape index (κ1) is 16.3. The highest BCUT2D eigenvalue weighted by Crippen LogP contribution is 2.22. The third-order valence-corrected chi connectivity index (χ3v) is 5.11. The normalized spacial score (nSPS) is 23.4. The third kappa shape index (κ3) is 3.75. The van der Waals surface area contributed by atoms with Crippen LogP contribution in [0.3, 0.4) is 0 Å². The number of nitrogens with zero attached hydrogens (tertiary/aromatic N) is 2. The van der Waals surface area contributed by atoms with E-state index in [4.69, 9.17) is 4.74 Å². The van der Waals surface area contributed by atoms with Gasteiger partial charge in [0, 0.05) is 37.3 Å². The van der Waals surface area contributed by atoms with Gasteiger partial charge in [0.05, 0.1) is 18.2 Å². The zero-order valence-electron chi connectivity index (χ0n) is 14.3. The zero-order valence-corrected chi connectivity index (χ0v) is 14.3. The second-order valence-electron chi connectivity index (χ2n) is 6.80. The van der Waals surface area contributed by atoms with Crippen LogP contribution in [0.1, 0.15) is 18.4 Å². The highest BCUT2D eigenvalue weighted by Gasteiger charge is 2.32. The number of aromatic nitrogens is 1. The topological polar surface area (TPSA) is 66.5 Å². The molecule has 2 aromatic rings. The monoisotopic (exact) mass is 340 g/mol. The molecule has 2 amide bonds. The van der Waals surface area contributed by atoms with Gasteiger partial charge in [0.25, 0.3) is 0 Å². The minimum atomic E-state index is -0.167. The summed E-state index contributed by atoms with van der Waals surface area (Å²) in [4.78, 5) is 19.0. The van der Waals surface area contributed by atoms with Gasteiger partial charge in [-0.05, 0) is 31.0 Å². The minimum Gasteiger partial charge on any atom is -0.373 e. The van der Waals surface area contributed by atoms with Gasteiger partial charge in [-0.25, -0.2) is 4.79 Å². The van der Waals surface area contributed by atoms with Crippen LogP contribution in [0.15, 0.2) is 36.5 Å². The minimum absolute atomic E-state index is 0.0827. The van der Waals surface area contributed by atoms with E-state index in [-0.39, 0.29) is 12.1 Å². The molecule has 2 saturated heterocycles. The van der Waals surface area contributed by atoms with E-state index >= 15 is 0 Å². The van der Waals surface area contributed by atoms with Crippen LogP contribution >= 0.6 is 0 Å². The number of urea groups is 1. The van der Waals surface area contributed by atoms with Crippen LogP contribution in [0.4, 0.5) is 4.79 Å². The summed E-state index contributed by atoms with van der Waals surface area (Å²) in [5, 5.41) is 6.93. The van der Waals surface area contributed by atoms with Gasteiger partial charge >= 0.3 is 6.03 Å². The molecule has 2 N–H and O–H groups in total. The van der Waals surface area contributed by atoms with Gasteiger partial charge in [0.15, 0.2) is 0 Å². The van der Waals surface area contributed by atoms with Crippen LogP contribution in [0, 0.1) is 0 Å². The van der Waals surface area contributed by atoms with Crippen molar-refractivity contribution in [1.82, 2.24) is 20.5 Å². The van der Waals surface area contributed by atoms with Crippen molar-refractivity contribution >= 4 is 16.9 Å². The fraction of sp³-hybridized carbons (Fsp3) is 0.474. The molecule has 4 rings (SSSR count). The molecule has 0 aliphatic carbocycles. The van der Waals surface area contributed by atoms with Crippen molar-refractivity contribution in [3.05, 3.63) is 42.1 Å². The molecular formula is C19H24N4O2. The Balaban J connectivity index is 1.26. The van der Waals surface area contributed by atoms with Gasteiger partial charge in [0.1, 0.15) is 0 Å². The fourth-order valence-electron chi connectivity index (χ4n) is 3.76. The number of rotatable bonds is 4. The van der Waals surface area contributed by atoms with Crippen LogP contribution in [0.2, 0.25) is 0 Å². The Morgan fingerprint density at radius 2 is 2.20 bits per heavy atom. The fourth-order valence-corrected chi connectivity index (χ4v) is 3.76. The molecule has 0 spiro atoms. The van der Waals surface area contributed by atoms with Gasteiger partial charge in [-0.3, -0.25) is 9.88 Å². The van der Waals surface area contributed by atoms with E-state index in [1.807, 2.05) is 30.3 Å². The smallest absolute Gasteiger partial charge is 0.315 e. The molecule has 0 unspecified atom stereocenters. The summed E-state index contributed by atoms with van der Waals surface area (Å²) < 4.78 is 5.87. The van der Waals surface area contributed by atoms with Crippen molar-refractivity contribution in [2.45, 2.75) is 31.5 Å². The van der Waals surface area contributed by atoms with Crippen molar-refractivity contribution in [1.29, 1.82) is 0 Å². The lowest BCUT2D eigenvalue weighted by molar-refractivity contribution is -0.0457. The van der Waals surface area contributed by atoms with E-state index in [0.29, 0.717) is 19.1 Å². The van der Waals surface area contributed by atoms with Crippen molar-refractivity contribution in [2.75, 3.05) is 26.2 Å². The standard InChI is InChI=1S/C19H24N4O2/c24-19(22-11-17-12-23-9-3-7-16(23)13-25-17)21-10-15-5-1-4-14-6-2-8-20-18(14)15/h1-2,4-6,8,16-17H,3,7,9-13H2,(H2,21,22,24)/t16-,17+/m0/s1. The molecule has 0 bridgehead atoms. The third-order valence-electron chi connectivity index (χ3n) is 5.11. The molecule has 1 aromatic heterocycles. The molecule has 0 radical (unpaired) electrons. The number of hydrogen-bond donors (Lipinski definition) is 2. The first-order valence-electron chi connectivity index (χ1n) is 8.99. The summed E-state index contributed by atoms with van der Waals surface area (Å²) in [5.74, 6) is 0. The van der Waals surface area contributed by atoms with Crippen molar-refractivity contribution < 1.29 is 9.53 Å². The Morgan fingerprint density at radius 3 is 3.16 bits per heavy atom. The highest BCUT2D eigenvalue weighted by atomic mass is 16.5. The van der Waals surface area contributed by atoms with E-state index in [0.717, 1.165) is 36.2 Å². The number of para-hydroxylation sites is 1. The molecule has 2 aliphatic rings. The number of morpholine rings is 1. The van der Waals surface area contributed by atoms with E-state index < -0.39 is 0 Å². The van der Waals surface area contributed by atoms with Gasteiger partial charge < -0.3 is 15.4 Å². The highest BCUT2D eigenvalue weighted by molar-refractivity contribution is 5.82. The Labute approximate surface area is 147 Å². The van der Waals surface area contributed by atoms with E-state index in [1.54, 1.807) is 6.20 Å². The van der Waals surface area contributed by atoms with E-state index in [9.17, 15) is 4.79 Å². The maximum absolute atomic E-state index is 12.1. The number of pyridine rings is 1. The Kier molecular flexibility index (Phi) is 4.81. The quantitative estimate of drug-likeness (QED) is 0.892. The van der Waals surface area contributed by atoms with Gasteiger partial charge in [-0.2, -0.15) is 0 Å². The number of ether oxygens (including phenoxy) is 1. The van der Waals surface area contributed by atoms with Gasteiger partial charge in [0.2, 0.25) is 0 Å². The molecular weight excluding hydrogens is 316 g/mol. The molecule has 1 aromatic carbocycles. The molecule has 2 atom stereocenters. The lowest BCUT2D eigenvalue weighted by Crippen LogP contribution is -2.51. The SMILES string of the molecule is O=C(NCc1cccc2cccnc12)NC[C@@H]1CN2CCC[C@H]2CO1. The Morgan fingerprint density at radius 1 is 1.28 bits per heavy atom. The van der Waals surface area contributed by atoms with Crippen LogP contribution in [-0.2, 0) is 11.3 Å². The second kappa shape index (κ2) is 7.37. The Bertz CT molecular complexity index is 746. The average molecular weight is 340 g/mol. The van der Waals surface area contributed by atoms with Crippen LogP contribution in [0.25, 0.3) is 10.9 Å². The van der Waals surface area contributed by atoms with Crippen molar-refractivity contribution in [3.8, 4) is 0 Å². The molecule has 25 heavy (non-hydrogen) atoms. The molecule has 3 heterocycles. The molecule has 2 aliphatic heterocycles.